The minimum absolute atomic E-state index is 0.00312. The summed E-state index contributed by atoms with van der Waals surface area (Å²) in [6.07, 6.45) is 7.34. The molecule has 0 aromatic rings. The maximum atomic E-state index is 12.9. The molecule has 142 valence electrons. The molecular weight excluding hydrogens is 326 g/mol. The van der Waals surface area contributed by atoms with E-state index in [9.17, 15) is 4.79 Å². The number of allylic oxidation sites excluding steroid dienone is 2. The molecular formula is C22H37NOS. The molecule has 2 nitrogen and oxygen atoms in total. The quantitative estimate of drug-likeness (QED) is 0.446. The Morgan fingerprint density at radius 2 is 1.84 bits per heavy atom. The Morgan fingerprint density at radius 1 is 1.28 bits per heavy atom. The Labute approximate surface area is 160 Å². The lowest BCUT2D eigenvalue weighted by Crippen LogP contribution is -2.45. The average molecular weight is 364 g/mol. The molecule has 0 spiro atoms. The van der Waals surface area contributed by atoms with Gasteiger partial charge in [0.05, 0.1) is 0 Å². The van der Waals surface area contributed by atoms with Gasteiger partial charge in [-0.1, -0.05) is 46.8 Å². The zero-order chi connectivity index (χ0) is 19.7. The van der Waals surface area contributed by atoms with Crippen molar-refractivity contribution in [3.63, 3.8) is 0 Å². The molecule has 0 aliphatic heterocycles. The molecule has 0 aromatic heterocycles. The van der Waals surface area contributed by atoms with E-state index in [2.05, 4.69) is 52.5 Å². The van der Waals surface area contributed by atoms with Gasteiger partial charge >= 0.3 is 0 Å². The molecule has 0 heterocycles. The third-order valence-corrected chi connectivity index (χ3v) is 6.15. The second-order valence-corrected chi connectivity index (χ2v) is 8.64. The van der Waals surface area contributed by atoms with Gasteiger partial charge in [0, 0.05) is 24.9 Å². The Bertz CT molecular complexity index is 511. The van der Waals surface area contributed by atoms with Crippen molar-refractivity contribution in [1.29, 1.82) is 0 Å². The molecule has 0 saturated heterocycles. The van der Waals surface area contributed by atoms with Crippen LogP contribution in [0.2, 0.25) is 0 Å². The number of amides is 1. The maximum absolute atomic E-state index is 12.9. The summed E-state index contributed by atoms with van der Waals surface area (Å²) in [7, 11) is 1.92. The predicted octanol–water partition coefficient (Wildman–Crippen LogP) is 5.96. The minimum atomic E-state index is -0.139. The van der Waals surface area contributed by atoms with Crippen molar-refractivity contribution < 1.29 is 4.79 Å². The summed E-state index contributed by atoms with van der Waals surface area (Å²) in [5, 5.41) is 2.14. The second kappa shape index (κ2) is 11.5. The SMILES string of the molecule is C#C[C@@H](CC)[C@H](C)C(=O)N(C)[C@H](C[C@@H](C)C(=C)SC=C(C)C)C(C)C. The Balaban J connectivity index is 5.10. The van der Waals surface area contributed by atoms with Gasteiger partial charge in [-0.3, -0.25) is 4.79 Å². The van der Waals surface area contributed by atoms with Crippen molar-refractivity contribution >= 4 is 17.7 Å². The Morgan fingerprint density at radius 3 is 2.24 bits per heavy atom. The fourth-order valence-electron chi connectivity index (χ4n) is 2.95. The predicted molar refractivity (Wildman–Crippen MR) is 113 cm³/mol. The topological polar surface area (TPSA) is 20.3 Å². The minimum Gasteiger partial charge on any atom is -0.342 e. The third-order valence-electron chi connectivity index (χ3n) is 4.85. The number of carbonyl (C=O) groups excluding carboxylic acids is 1. The van der Waals surface area contributed by atoms with Gasteiger partial charge in [-0.15, -0.1) is 24.1 Å². The van der Waals surface area contributed by atoms with E-state index < -0.39 is 0 Å². The lowest BCUT2D eigenvalue weighted by Gasteiger charge is -2.36. The summed E-state index contributed by atoms with van der Waals surface area (Å²) in [6.45, 7) is 18.9. The van der Waals surface area contributed by atoms with Gasteiger partial charge in [0.1, 0.15) is 0 Å². The van der Waals surface area contributed by atoms with Crippen LogP contribution in [0, 0.1) is 36.0 Å². The zero-order valence-electron chi connectivity index (χ0n) is 17.4. The summed E-state index contributed by atoms with van der Waals surface area (Å²) < 4.78 is 0. The van der Waals surface area contributed by atoms with Crippen molar-refractivity contribution in [3.8, 4) is 12.3 Å². The summed E-state index contributed by atoms with van der Waals surface area (Å²) in [6, 6.07) is 0.185. The van der Waals surface area contributed by atoms with E-state index in [-0.39, 0.29) is 23.8 Å². The molecule has 0 saturated carbocycles. The van der Waals surface area contributed by atoms with Crippen LogP contribution in [0.4, 0.5) is 0 Å². The van der Waals surface area contributed by atoms with E-state index in [4.69, 9.17) is 6.42 Å². The summed E-state index contributed by atoms with van der Waals surface area (Å²) in [5.74, 6) is 3.51. The molecule has 4 atom stereocenters. The van der Waals surface area contributed by atoms with Crippen LogP contribution >= 0.6 is 11.8 Å². The Hall–Kier alpha value is -1.14. The maximum Gasteiger partial charge on any atom is 0.226 e. The second-order valence-electron chi connectivity index (χ2n) is 7.65. The number of carbonyl (C=O) groups is 1. The molecule has 0 unspecified atom stereocenters. The van der Waals surface area contributed by atoms with Crippen molar-refractivity contribution in [2.75, 3.05) is 7.05 Å². The lowest BCUT2D eigenvalue weighted by molar-refractivity contribution is -0.138. The summed E-state index contributed by atoms with van der Waals surface area (Å²) in [4.78, 5) is 16.0. The smallest absolute Gasteiger partial charge is 0.226 e. The van der Waals surface area contributed by atoms with E-state index in [0.29, 0.717) is 11.8 Å². The van der Waals surface area contributed by atoms with Crippen LogP contribution in [-0.4, -0.2) is 23.9 Å². The molecule has 0 bridgehead atoms. The average Bonchev–Trinajstić information content (AvgIpc) is 2.56. The first-order chi connectivity index (χ1) is 11.6. The third kappa shape index (κ3) is 7.74. The summed E-state index contributed by atoms with van der Waals surface area (Å²) >= 11 is 1.70. The van der Waals surface area contributed by atoms with Crippen LogP contribution in [0.15, 0.2) is 22.5 Å². The fourth-order valence-corrected chi connectivity index (χ4v) is 3.67. The highest BCUT2D eigenvalue weighted by molar-refractivity contribution is 8.05. The molecule has 3 heteroatoms. The van der Waals surface area contributed by atoms with Gasteiger partial charge in [-0.2, -0.15) is 0 Å². The fraction of sp³-hybridized carbons (Fsp3) is 0.682. The van der Waals surface area contributed by atoms with E-state index in [1.165, 1.54) is 5.57 Å². The number of terminal acetylenes is 1. The molecule has 25 heavy (non-hydrogen) atoms. The van der Waals surface area contributed by atoms with Crippen molar-refractivity contribution in [2.24, 2.45) is 23.7 Å². The number of hydrogen-bond donors (Lipinski definition) is 0. The van der Waals surface area contributed by atoms with E-state index >= 15 is 0 Å². The highest BCUT2D eigenvalue weighted by Gasteiger charge is 2.30. The first-order valence-corrected chi connectivity index (χ1v) is 10.2. The van der Waals surface area contributed by atoms with E-state index in [1.807, 2.05) is 25.8 Å². The number of thioether (sulfide) groups is 1. The summed E-state index contributed by atoms with van der Waals surface area (Å²) in [5.41, 5.74) is 1.28. The molecule has 0 N–H and O–H groups in total. The molecule has 0 aromatic carbocycles. The van der Waals surface area contributed by atoms with Crippen molar-refractivity contribution in [1.82, 2.24) is 4.90 Å². The van der Waals surface area contributed by atoms with Gasteiger partial charge in [0.25, 0.3) is 0 Å². The van der Waals surface area contributed by atoms with Crippen LogP contribution in [0.1, 0.15) is 61.3 Å². The highest BCUT2D eigenvalue weighted by Crippen LogP contribution is 2.31. The first kappa shape index (κ1) is 23.9. The van der Waals surface area contributed by atoms with Gasteiger partial charge in [-0.25, -0.2) is 0 Å². The van der Waals surface area contributed by atoms with Crippen LogP contribution < -0.4 is 0 Å². The molecule has 0 radical (unpaired) electrons. The Kier molecular flexibility index (Phi) is 10.9. The number of rotatable bonds is 10. The number of nitrogens with zero attached hydrogens (tertiary/aromatic N) is 1. The number of hydrogen-bond acceptors (Lipinski definition) is 2. The lowest BCUT2D eigenvalue weighted by atomic mass is 9.88. The van der Waals surface area contributed by atoms with Crippen LogP contribution in [0.3, 0.4) is 0 Å². The van der Waals surface area contributed by atoms with Gasteiger partial charge in [0.2, 0.25) is 5.91 Å². The largest absolute Gasteiger partial charge is 0.342 e. The molecule has 0 rings (SSSR count). The zero-order valence-corrected chi connectivity index (χ0v) is 18.2. The monoisotopic (exact) mass is 363 g/mol. The van der Waals surface area contributed by atoms with E-state index in [0.717, 1.165) is 17.7 Å². The van der Waals surface area contributed by atoms with Gasteiger partial charge in [-0.05, 0) is 48.8 Å². The normalized spacial score (nSPS) is 15.7. The van der Waals surface area contributed by atoms with Crippen LogP contribution in [0.5, 0.6) is 0 Å². The van der Waals surface area contributed by atoms with Crippen molar-refractivity contribution in [3.05, 3.63) is 22.5 Å². The molecule has 0 aliphatic carbocycles. The molecule has 1 amide bonds. The standard InChI is InChI=1S/C22H37NOS/c1-11-20(12-2)18(8)22(24)23(10)21(16(5)6)13-17(7)19(9)25-14-15(3)4/h1,14,16-18,20-21H,9,12-13H2,2-8,10H3/t17-,18+,20+,21-/m1/s1. The van der Waals surface area contributed by atoms with Crippen LogP contribution in [0.25, 0.3) is 0 Å². The van der Waals surface area contributed by atoms with Gasteiger partial charge < -0.3 is 4.90 Å². The van der Waals surface area contributed by atoms with E-state index in [1.54, 1.807) is 11.8 Å². The van der Waals surface area contributed by atoms with Crippen molar-refractivity contribution in [2.45, 2.75) is 67.3 Å². The highest BCUT2D eigenvalue weighted by atomic mass is 32.2. The molecule has 0 aliphatic rings. The first-order valence-electron chi connectivity index (χ1n) is 9.28. The van der Waals surface area contributed by atoms with Crippen LogP contribution in [-0.2, 0) is 4.79 Å². The molecule has 0 fully saturated rings. The van der Waals surface area contributed by atoms with Gasteiger partial charge in [0.15, 0.2) is 0 Å².